The van der Waals surface area contributed by atoms with E-state index in [-0.39, 0.29) is 6.10 Å². The molecule has 2 rings (SSSR count). The van der Waals surface area contributed by atoms with E-state index in [1.807, 2.05) is 6.07 Å². The highest BCUT2D eigenvalue weighted by molar-refractivity contribution is 9.10. The molecule has 0 bridgehead atoms. The topological polar surface area (TPSA) is 52.6 Å². The third-order valence-corrected chi connectivity index (χ3v) is 4.51. The molecule has 0 spiro atoms. The van der Waals surface area contributed by atoms with Crippen molar-refractivity contribution in [3.8, 4) is 0 Å². The maximum absolute atomic E-state index is 12.3. The van der Waals surface area contributed by atoms with Gasteiger partial charge < -0.3 is 9.47 Å². The Morgan fingerprint density at radius 2 is 1.77 bits per heavy atom. The molecule has 0 aliphatic rings. The van der Waals surface area contributed by atoms with Crippen molar-refractivity contribution in [2.45, 2.75) is 26.1 Å². The number of halogens is 1. The van der Waals surface area contributed by atoms with Crippen molar-refractivity contribution in [1.82, 2.24) is 0 Å². The molecule has 1 aromatic heterocycles. The van der Waals surface area contributed by atoms with Gasteiger partial charge >= 0.3 is 11.9 Å². The molecular formula is C16H15BrO4S. The van der Waals surface area contributed by atoms with E-state index < -0.39 is 18.0 Å². The van der Waals surface area contributed by atoms with Gasteiger partial charge in [0.2, 0.25) is 6.10 Å². The van der Waals surface area contributed by atoms with Crippen LogP contribution in [0.5, 0.6) is 0 Å². The number of rotatable bonds is 5. The second-order valence-electron chi connectivity index (χ2n) is 4.78. The van der Waals surface area contributed by atoms with Gasteiger partial charge in [-0.25, -0.2) is 9.59 Å². The summed E-state index contributed by atoms with van der Waals surface area (Å²) in [7, 11) is 0. The van der Waals surface area contributed by atoms with Crippen molar-refractivity contribution in [1.29, 1.82) is 0 Å². The summed E-state index contributed by atoms with van der Waals surface area (Å²) in [5, 5.41) is 1.77. The zero-order valence-corrected chi connectivity index (χ0v) is 14.5. The van der Waals surface area contributed by atoms with Gasteiger partial charge in [0, 0.05) is 10.0 Å². The Labute approximate surface area is 141 Å². The van der Waals surface area contributed by atoms with E-state index in [1.165, 1.54) is 11.3 Å². The van der Waals surface area contributed by atoms with Crippen LogP contribution >= 0.6 is 27.3 Å². The number of carbonyl (C=O) groups is 2. The molecule has 116 valence electrons. The van der Waals surface area contributed by atoms with Crippen LogP contribution in [-0.4, -0.2) is 18.0 Å². The minimum absolute atomic E-state index is 0.286. The molecule has 0 aliphatic carbocycles. The normalized spacial score (nSPS) is 12.0. The maximum atomic E-state index is 12.3. The Bertz CT molecular complexity index is 651. The van der Waals surface area contributed by atoms with Gasteiger partial charge in [-0.1, -0.05) is 30.3 Å². The van der Waals surface area contributed by atoms with Crippen molar-refractivity contribution >= 4 is 39.2 Å². The molecule has 6 heteroatoms. The Hall–Kier alpha value is -1.66. The minimum atomic E-state index is -1.08. The molecule has 0 radical (unpaired) electrons. The first-order valence-electron chi connectivity index (χ1n) is 6.68. The number of hydrogen-bond donors (Lipinski definition) is 0. The predicted octanol–water partition coefficient (Wildman–Crippen LogP) is 4.36. The first-order chi connectivity index (χ1) is 10.5. The van der Waals surface area contributed by atoms with E-state index in [2.05, 4.69) is 15.9 Å². The van der Waals surface area contributed by atoms with Crippen LogP contribution < -0.4 is 0 Å². The second-order valence-corrected chi connectivity index (χ2v) is 6.55. The molecule has 0 fully saturated rings. The highest BCUT2D eigenvalue weighted by Crippen LogP contribution is 2.27. The van der Waals surface area contributed by atoms with Gasteiger partial charge in [-0.15, -0.1) is 11.3 Å². The van der Waals surface area contributed by atoms with E-state index in [9.17, 15) is 9.59 Å². The Morgan fingerprint density at radius 1 is 1.09 bits per heavy atom. The van der Waals surface area contributed by atoms with Gasteiger partial charge in [0.05, 0.1) is 6.10 Å². The smallest absolute Gasteiger partial charge is 0.352 e. The highest BCUT2D eigenvalue weighted by atomic mass is 79.9. The Balaban J connectivity index is 2.23. The maximum Gasteiger partial charge on any atom is 0.352 e. The number of hydrogen-bond acceptors (Lipinski definition) is 5. The number of benzene rings is 1. The SMILES string of the molecule is CC(C)OC(=O)[C@H](OC(=O)c1sccc1Br)c1ccccc1. The largest absolute Gasteiger partial charge is 0.460 e. The fourth-order valence-corrected chi connectivity index (χ4v) is 3.19. The van der Waals surface area contributed by atoms with E-state index in [0.29, 0.717) is 14.9 Å². The molecular weight excluding hydrogens is 368 g/mol. The van der Waals surface area contributed by atoms with E-state index in [0.717, 1.165) is 0 Å². The lowest BCUT2D eigenvalue weighted by atomic mass is 10.1. The number of thiophene rings is 1. The van der Waals surface area contributed by atoms with Crippen molar-refractivity contribution in [2.24, 2.45) is 0 Å². The van der Waals surface area contributed by atoms with Gasteiger partial charge in [0.1, 0.15) is 4.88 Å². The summed E-state index contributed by atoms with van der Waals surface area (Å²) in [5.41, 5.74) is 0.578. The van der Waals surface area contributed by atoms with E-state index in [4.69, 9.17) is 9.47 Å². The van der Waals surface area contributed by atoms with Crippen molar-refractivity contribution in [3.63, 3.8) is 0 Å². The summed E-state index contributed by atoms with van der Waals surface area (Å²) >= 11 is 4.53. The van der Waals surface area contributed by atoms with Crippen LogP contribution in [0.25, 0.3) is 0 Å². The molecule has 4 nitrogen and oxygen atoms in total. The second kappa shape index (κ2) is 7.56. The summed E-state index contributed by atoms with van der Waals surface area (Å²) in [6.07, 6.45) is -1.36. The Morgan fingerprint density at radius 3 is 2.32 bits per heavy atom. The standard InChI is InChI=1S/C16H15BrO4S/c1-10(2)20-15(18)13(11-6-4-3-5-7-11)21-16(19)14-12(17)8-9-22-14/h3-10,13H,1-2H3/t13-/m1/s1. The molecule has 1 atom stereocenters. The molecule has 2 aromatic rings. The van der Waals surface area contributed by atoms with Crippen LogP contribution in [0, 0.1) is 0 Å². The predicted molar refractivity (Wildman–Crippen MR) is 87.8 cm³/mol. The first kappa shape index (κ1) is 16.7. The molecule has 1 heterocycles. The lowest BCUT2D eigenvalue weighted by Gasteiger charge is -2.18. The third kappa shape index (κ3) is 4.18. The van der Waals surface area contributed by atoms with Gasteiger partial charge in [-0.3, -0.25) is 0 Å². The molecule has 0 amide bonds. The van der Waals surface area contributed by atoms with Gasteiger partial charge in [-0.05, 0) is 41.2 Å². The quantitative estimate of drug-likeness (QED) is 0.720. The third-order valence-electron chi connectivity index (χ3n) is 2.70. The van der Waals surface area contributed by atoms with E-state index >= 15 is 0 Å². The minimum Gasteiger partial charge on any atom is -0.460 e. The molecule has 0 saturated carbocycles. The Kier molecular flexibility index (Phi) is 5.74. The average Bonchev–Trinajstić information content (AvgIpc) is 2.91. The number of esters is 2. The zero-order chi connectivity index (χ0) is 16.1. The lowest BCUT2D eigenvalue weighted by molar-refractivity contribution is -0.158. The van der Waals surface area contributed by atoms with E-state index in [1.54, 1.807) is 49.6 Å². The summed E-state index contributed by atoms with van der Waals surface area (Å²) in [6, 6.07) is 10.6. The van der Waals surface area contributed by atoms with Crippen LogP contribution in [-0.2, 0) is 14.3 Å². The molecule has 22 heavy (non-hydrogen) atoms. The summed E-state index contributed by atoms with van der Waals surface area (Å²) in [5.74, 6) is -1.14. The number of ether oxygens (including phenoxy) is 2. The number of carbonyl (C=O) groups excluding carboxylic acids is 2. The van der Waals surface area contributed by atoms with Crippen LogP contribution in [0.15, 0.2) is 46.3 Å². The van der Waals surface area contributed by atoms with Gasteiger partial charge in [0.25, 0.3) is 0 Å². The molecule has 0 aliphatic heterocycles. The van der Waals surface area contributed by atoms with Crippen LogP contribution in [0.2, 0.25) is 0 Å². The first-order valence-corrected chi connectivity index (χ1v) is 8.35. The van der Waals surface area contributed by atoms with Gasteiger partial charge in [0.15, 0.2) is 0 Å². The van der Waals surface area contributed by atoms with Crippen molar-refractivity contribution in [2.75, 3.05) is 0 Å². The van der Waals surface area contributed by atoms with Crippen LogP contribution in [0.1, 0.15) is 35.2 Å². The average molecular weight is 383 g/mol. The summed E-state index contributed by atoms with van der Waals surface area (Å²) in [6.45, 7) is 3.50. The summed E-state index contributed by atoms with van der Waals surface area (Å²) in [4.78, 5) is 24.9. The monoisotopic (exact) mass is 382 g/mol. The van der Waals surface area contributed by atoms with Crippen molar-refractivity contribution < 1.29 is 19.1 Å². The lowest BCUT2D eigenvalue weighted by Crippen LogP contribution is -2.24. The molecule has 0 unspecified atom stereocenters. The van der Waals surface area contributed by atoms with Crippen molar-refractivity contribution in [3.05, 3.63) is 56.7 Å². The van der Waals surface area contributed by atoms with Gasteiger partial charge in [-0.2, -0.15) is 0 Å². The van der Waals surface area contributed by atoms with Crippen LogP contribution in [0.4, 0.5) is 0 Å². The van der Waals surface area contributed by atoms with Crippen LogP contribution in [0.3, 0.4) is 0 Å². The molecule has 0 saturated heterocycles. The highest BCUT2D eigenvalue weighted by Gasteiger charge is 2.28. The fraction of sp³-hybridized carbons (Fsp3) is 0.250. The summed E-state index contributed by atoms with van der Waals surface area (Å²) < 4.78 is 11.2. The molecule has 0 N–H and O–H groups in total. The fourth-order valence-electron chi connectivity index (χ4n) is 1.77. The molecule has 1 aromatic carbocycles. The zero-order valence-electron chi connectivity index (χ0n) is 12.1.